The van der Waals surface area contributed by atoms with E-state index >= 15 is 0 Å². The van der Waals surface area contributed by atoms with Crippen molar-refractivity contribution in [2.75, 3.05) is 30.4 Å². The molecule has 1 aromatic carbocycles. The number of nitrogens with two attached hydrogens (primary N) is 1. The van der Waals surface area contributed by atoms with Crippen LogP contribution in [0.25, 0.3) is 10.9 Å². The molecule has 3 fully saturated rings. The van der Waals surface area contributed by atoms with Gasteiger partial charge in [0.15, 0.2) is 0 Å². The van der Waals surface area contributed by atoms with Gasteiger partial charge in [0.2, 0.25) is 0 Å². The number of hydrogen-bond acceptors (Lipinski definition) is 5. The van der Waals surface area contributed by atoms with E-state index in [9.17, 15) is 5.11 Å². The lowest BCUT2D eigenvalue weighted by molar-refractivity contribution is 0.0992. The number of aliphatic hydroxyl groups is 1. The second-order valence-corrected chi connectivity index (χ2v) is 7.93. The molecule has 3 heterocycles. The molecule has 1 aromatic heterocycles. The van der Waals surface area contributed by atoms with E-state index in [-0.39, 0.29) is 0 Å². The Kier molecular flexibility index (Phi) is 3.64. The van der Waals surface area contributed by atoms with Gasteiger partial charge in [-0.15, -0.1) is 0 Å². The molecule has 0 unspecified atom stereocenters. The van der Waals surface area contributed by atoms with Crippen molar-refractivity contribution in [1.29, 1.82) is 0 Å². The van der Waals surface area contributed by atoms with Gasteiger partial charge in [-0.05, 0) is 50.2 Å². The van der Waals surface area contributed by atoms with Crippen LogP contribution in [0.4, 0.5) is 11.4 Å². The summed E-state index contributed by atoms with van der Waals surface area (Å²) < 4.78 is 7.84. The number of fused-ring (bicyclic) bond motifs is 3. The summed E-state index contributed by atoms with van der Waals surface area (Å²) >= 11 is 0. The van der Waals surface area contributed by atoms with Crippen LogP contribution in [0.1, 0.15) is 38.1 Å². The van der Waals surface area contributed by atoms with Crippen LogP contribution in [0.15, 0.2) is 18.3 Å². The van der Waals surface area contributed by atoms with Gasteiger partial charge in [-0.3, -0.25) is 4.68 Å². The number of nitrogen functional groups attached to an aromatic ring is 1. The van der Waals surface area contributed by atoms with E-state index < -0.39 is 0 Å². The highest BCUT2D eigenvalue weighted by Crippen LogP contribution is 2.38. The summed E-state index contributed by atoms with van der Waals surface area (Å²) in [6, 6.07) is 5.12. The predicted octanol–water partition coefficient (Wildman–Crippen LogP) is 2.32. The monoisotopic (exact) mass is 342 g/mol. The minimum atomic E-state index is 0.315. The molecule has 2 atom stereocenters. The number of nitrogens with zero attached hydrogens (tertiary/aromatic N) is 3. The Morgan fingerprint density at radius 3 is 2.72 bits per heavy atom. The topological polar surface area (TPSA) is 76.5 Å². The van der Waals surface area contributed by atoms with Crippen LogP contribution in [0.2, 0.25) is 0 Å². The minimum Gasteiger partial charge on any atom is -0.397 e. The maximum absolute atomic E-state index is 9.32. The van der Waals surface area contributed by atoms with Gasteiger partial charge in [0.05, 0.1) is 41.7 Å². The molecule has 2 saturated heterocycles. The fourth-order valence-electron chi connectivity index (χ4n) is 4.82. The average molecular weight is 342 g/mol. The summed E-state index contributed by atoms with van der Waals surface area (Å²) in [6.45, 7) is 2.06. The third-order valence-electron chi connectivity index (χ3n) is 6.33. The number of morpholine rings is 1. The highest BCUT2D eigenvalue weighted by atomic mass is 16.5. The average Bonchev–Trinajstić information content (AvgIpc) is 3.35. The fourth-order valence-corrected chi connectivity index (χ4v) is 4.82. The Bertz CT molecular complexity index is 781. The quantitative estimate of drug-likeness (QED) is 0.837. The number of aliphatic hydroxyl groups excluding tert-OH is 1. The second-order valence-electron chi connectivity index (χ2n) is 7.93. The molecule has 2 aromatic rings. The molecule has 6 heteroatoms. The largest absolute Gasteiger partial charge is 0.397 e. The van der Waals surface area contributed by atoms with Crippen molar-refractivity contribution in [3.63, 3.8) is 0 Å². The number of hydrogen-bond donors (Lipinski definition) is 2. The van der Waals surface area contributed by atoms with E-state index in [1.165, 1.54) is 0 Å². The van der Waals surface area contributed by atoms with Gasteiger partial charge in [-0.1, -0.05) is 0 Å². The lowest BCUT2D eigenvalue weighted by Gasteiger charge is -2.29. The van der Waals surface area contributed by atoms with Crippen molar-refractivity contribution < 1.29 is 9.84 Å². The molecule has 0 radical (unpaired) electrons. The van der Waals surface area contributed by atoms with Gasteiger partial charge in [0.1, 0.15) is 0 Å². The standard InChI is InChI=1S/C19H26N4O2/c20-17-5-13-8-23(14-3-1-12(10-24)2-4-14)21-18(13)7-19(17)22-9-16-6-15(22)11-25-16/h5,7-8,12,14-16,24H,1-4,6,9-11,20H2/t12?,14?,15-,16-/m1/s1. The summed E-state index contributed by atoms with van der Waals surface area (Å²) in [5.41, 5.74) is 9.35. The van der Waals surface area contributed by atoms with Crippen molar-refractivity contribution in [2.24, 2.45) is 5.92 Å². The van der Waals surface area contributed by atoms with Gasteiger partial charge in [-0.25, -0.2) is 0 Å². The van der Waals surface area contributed by atoms with E-state index in [4.69, 9.17) is 15.6 Å². The smallest absolute Gasteiger partial charge is 0.0945 e. The van der Waals surface area contributed by atoms with Gasteiger partial charge in [0, 0.05) is 24.7 Å². The number of ether oxygens (including phenoxy) is 1. The highest BCUT2D eigenvalue weighted by molar-refractivity contribution is 5.89. The van der Waals surface area contributed by atoms with Gasteiger partial charge in [0.25, 0.3) is 0 Å². The first-order chi connectivity index (χ1) is 12.2. The fraction of sp³-hybridized carbons (Fsp3) is 0.632. The zero-order valence-electron chi connectivity index (χ0n) is 14.5. The maximum Gasteiger partial charge on any atom is 0.0945 e. The molecule has 0 spiro atoms. The molecule has 5 rings (SSSR count). The molecule has 134 valence electrons. The molecule has 25 heavy (non-hydrogen) atoms. The van der Waals surface area contributed by atoms with Crippen molar-refractivity contribution >= 4 is 22.3 Å². The SMILES string of the molecule is Nc1cc2cn(C3CCC(CO)CC3)nc2cc1N1C[C@H]2C[C@@H]1CO2. The summed E-state index contributed by atoms with van der Waals surface area (Å²) in [4.78, 5) is 2.40. The van der Waals surface area contributed by atoms with Crippen molar-refractivity contribution in [1.82, 2.24) is 9.78 Å². The Balaban J connectivity index is 1.43. The first-order valence-corrected chi connectivity index (χ1v) is 9.48. The molecular formula is C19H26N4O2. The highest BCUT2D eigenvalue weighted by Gasteiger charge is 2.39. The Hall–Kier alpha value is -1.79. The van der Waals surface area contributed by atoms with Crippen LogP contribution in [0.5, 0.6) is 0 Å². The van der Waals surface area contributed by atoms with E-state index in [0.29, 0.717) is 30.7 Å². The lowest BCUT2D eigenvalue weighted by Crippen LogP contribution is -2.37. The zero-order chi connectivity index (χ0) is 17.0. The Morgan fingerprint density at radius 1 is 1.20 bits per heavy atom. The van der Waals surface area contributed by atoms with Crippen LogP contribution < -0.4 is 10.6 Å². The van der Waals surface area contributed by atoms with Crippen molar-refractivity contribution in [3.05, 3.63) is 18.3 Å². The molecule has 2 bridgehead atoms. The van der Waals surface area contributed by atoms with Crippen LogP contribution >= 0.6 is 0 Å². The number of anilines is 2. The third-order valence-corrected chi connectivity index (χ3v) is 6.33. The Labute approximate surface area is 147 Å². The van der Waals surface area contributed by atoms with Crippen molar-refractivity contribution in [2.45, 2.75) is 50.3 Å². The third kappa shape index (κ3) is 2.59. The molecule has 3 aliphatic rings. The summed E-state index contributed by atoms with van der Waals surface area (Å²) in [7, 11) is 0. The second kappa shape index (κ2) is 5.88. The number of aromatic nitrogens is 2. The molecule has 0 amide bonds. The number of benzene rings is 1. The van der Waals surface area contributed by atoms with Gasteiger partial charge < -0.3 is 20.5 Å². The van der Waals surface area contributed by atoms with Crippen molar-refractivity contribution in [3.8, 4) is 0 Å². The molecular weight excluding hydrogens is 316 g/mol. The predicted molar refractivity (Wildman–Crippen MR) is 97.7 cm³/mol. The van der Waals surface area contributed by atoms with Crippen LogP contribution in [-0.2, 0) is 4.74 Å². The van der Waals surface area contributed by atoms with Gasteiger partial charge >= 0.3 is 0 Å². The summed E-state index contributed by atoms with van der Waals surface area (Å²) in [5, 5.41) is 15.3. The Morgan fingerprint density at radius 2 is 2.04 bits per heavy atom. The molecule has 2 aliphatic heterocycles. The summed E-state index contributed by atoms with van der Waals surface area (Å²) in [6.07, 6.45) is 7.96. The van der Waals surface area contributed by atoms with Gasteiger partial charge in [-0.2, -0.15) is 5.10 Å². The number of rotatable bonds is 3. The van der Waals surface area contributed by atoms with E-state index in [1.54, 1.807) is 0 Å². The first kappa shape index (κ1) is 15.5. The normalized spacial score (nSPS) is 32.0. The van der Waals surface area contributed by atoms with Crippen LogP contribution in [0.3, 0.4) is 0 Å². The molecule has 1 saturated carbocycles. The van der Waals surface area contributed by atoms with E-state index in [2.05, 4.69) is 27.9 Å². The summed E-state index contributed by atoms with van der Waals surface area (Å²) in [5.74, 6) is 0.469. The molecule has 3 N–H and O–H groups in total. The zero-order valence-corrected chi connectivity index (χ0v) is 14.5. The molecule has 1 aliphatic carbocycles. The first-order valence-electron chi connectivity index (χ1n) is 9.48. The minimum absolute atomic E-state index is 0.315. The lowest BCUT2D eigenvalue weighted by atomic mass is 9.87. The van der Waals surface area contributed by atoms with E-state index in [0.717, 1.165) is 67.5 Å². The van der Waals surface area contributed by atoms with Crippen LogP contribution in [-0.4, -0.2) is 46.8 Å². The molecule has 6 nitrogen and oxygen atoms in total. The maximum atomic E-state index is 9.32. The van der Waals surface area contributed by atoms with Crippen LogP contribution in [0, 0.1) is 5.92 Å². The van der Waals surface area contributed by atoms with E-state index in [1.807, 2.05) is 0 Å².